The molecule has 4 atom stereocenters. The van der Waals surface area contributed by atoms with Gasteiger partial charge in [0.15, 0.2) is 0 Å². The van der Waals surface area contributed by atoms with Crippen LogP contribution in [0.4, 0.5) is 0 Å². The summed E-state index contributed by atoms with van der Waals surface area (Å²) in [5.41, 5.74) is 0.604. The smallest absolute Gasteiger partial charge is 0.268 e. The molecule has 3 rings (SSSR count). The molecule has 6 heteroatoms. The maximum absolute atomic E-state index is 11.9. The maximum Gasteiger partial charge on any atom is 0.268 e. The Labute approximate surface area is 104 Å². The van der Waals surface area contributed by atoms with Gasteiger partial charge in [-0.2, -0.15) is 0 Å². The minimum Gasteiger partial charge on any atom is -0.391 e. The summed E-state index contributed by atoms with van der Waals surface area (Å²) in [6.45, 7) is 1.41. The van der Waals surface area contributed by atoms with E-state index >= 15 is 0 Å². The van der Waals surface area contributed by atoms with Gasteiger partial charge >= 0.3 is 0 Å². The first-order chi connectivity index (χ1) is 8.58. The average molecular weight is 249 g/mol. The molecule has 2 amide bonds. The van der Waals surface area contributed by atoms with Crippen molar-refractivity contribution in [3.05, 3.63) is 24.0 Å². The van der Waals surface area contributed by atoms with Crippen LogP contribution in [0.15, 0.2) is 18.3 Å². The van der Waals surface area contributed by atoms with Crippen molar-refractivity contribution in [3.63, 3.8) is 0 Å². The fraction of sp³-hybridized carbons (Fsp3) is 0.500. The third-order valence-corrected chi connectivity index (χ3v) is 3.74. The number of aliphatic hydroxyl groups is 1. The SMILES string of the molecule is CC(=O)N[C@H]1[C@@H]2NC(=O)c3cccn3[C@@H]2C[C@H]1O. The van der Waals surface area contributed by atoms with Gasteiger partial charge in [-0.05, 0) is 18.6 Å². The van der Waals surface area contributed by atoms with E-state index in [1.54, 1.807) is 6.07 Å². The molecule has 96 valence electrons. The zero-order chi connectivity index (χ0) is 12.9. The molecule has 1 aliphatic heterocycles. The highest BCUT2D eigenvalue weighted by Gasteiger charge is 2.47. The van der Waals surface area contributed by atoms with Crippen LogP contribution in [0, 0.1) is 0 Å². The van der Waals surface area contributed by atoms with Crippen molar-refractivity contribution in [2.75, 3.05) is 0 Å². The highest BCUT2D eigenvalue weighted by atomic mass is 16.3. The first kappa shape index (κ1) is 11.3. The van der Waals surface area contributed by atoms with Crippen molar-refractivity contribution in [1.29, 1.82) is 0 Å². The number of carbonyl (C=O) groups excluding carboxylic acids is 2. The zero-order valence-electron chi connectivity index (χ0n) is 9.96. The van der Waals surface area contributed by atoms with Gasteiger partial charge in [-0.25, -0.2) is 0 Å². The molecule has 0 aromatic carbocycles. The zero-order valence-corrected chi connectivity index (χ0v) is 9.96. The summed E-state index contributed by atoms with van der Waals surface area (Å²) >= 11 is 0. The second-order valence-electron chi connectivity index (χ2n) is 4.90. The van der Waals surface area contributed by atoms with Gasteiger partial charge < -0.3 is 20.3 Å². The van der Waals surface area contributed by atoms with Crippen LogP contribution < -0.4 is 10.6 Å². The maximum atomic E-state index is 11.9. The Balaban J connectivity index is 1.95. The van der Waals surface area contributed by atoms with Crippen LogP contribution in [0.3, 0.4) is 0 Å². The van der Waals surface area contributed by atoms with E-state index in [1.807, 2.05) is 16.8 Å². The number of carbonyl (C=O) groups is 2. The number of hydrogen-bond acceptors (Lipinski definition) is 3. The summed E-state index contributed by atoms with van der Waals surface area (Å²) in [6, 6.07) is 2.89. The Morgan fingerprint density at radius 3 is 3.11 bits per heavy atom. The van der Waals surface area contributed by atoms with E-state index in [1.165, 1.54) is 6.92 Å². The predicted octanol–water partition coefficient (Wildman–Crippen LogP) is -0.590. The van der Waals surface area contributed by atoms with Crippen LogP contribution in [0.25, 0.3) is 0 Å². The molecule has 0 unspecified atom stereocenters. The quantitative estimate of drug-likeness (QED) is 0.622. The minimum atomic E-state index is -0.641. The molecule has 1 aromatic rings. The summed E-state index contributed by atoms with van der Waals surface area (Å²) in [6.07, 6.45) is 1.73. The van der Waals surface area contributed by atoms with Gasteiger partial charge in [-0.1, -0.05) is 0 Å². The van der Waals surface area contributed by atoms with Gasteiger partial charge in [0.1, 0.15) is 5.69 Å². The Morgan fingerprint density at radius 1 is 1.61 bits per heavy atom. The monoisotopic (exact) mass is 249 g/mol. The van der Waals surface area contributed by atoms with Crippen molar-refractivity contribution in [2.45, 2.75) is 37.6 Å². The van der Waals surface area contributed by atoms with Crippen LogP contribution >= 0.6 is 0 Å². The number of aliphatic hydroxyl groups excluding tert-OH is 1. The first-order valence-corrected chi connectivity index (χ1v) is 6.01. The van der Waals surface area contributed by atoms with Gasteiger partial charge in [0, 0.05) is 13.1 Å². The molecule has 1 aromatic heterocycles. The van der Waals surface area contributed by atoms with Crippen molar-refractivity contribution in [3.8, 4) is 0 Å². The van der Waals surface area contributed by atoms with Crippen LogP contribution in [0.2, 0.25) is 0 Å². The van der Waals surface area contributed by atoms with E-state index in [0.717, 1.165) is 0 Å². The van der Waals surface area contributed by atoms with Crippen molar-refractivity contribution >= 4 is 11.8 Å². The topological polar surface area (TPSA) is 83.4 Å². The van der Waals surface area contributed by atoms with E-state index in [-0.39, 0.29) is 23.9 Å². The molecule has 2 heterocycles. The lowest BCUT2D eigenvalue weighted by molar-refractivity contribution is -0.120. The lowest BCUT2D eigenvalue weighted by Gasteiger charge is -2.32. The summed E-state index contributed by atoms with van der Waals surface area (Å²) in [4.78, 5) is 23.1. The molecule has 2 aliphatic rings. The van der Waals surface area contributed by atoms with Gasteiger partial charge in [0.2, 0.25) is 5.91 Å². The number of nitrogens with zero attached hydrogens (tertiary/aromatic N) is 1. The summed E-state index contributed by atoms with van der Waals surface area (Å²) in [5, 5.41) is 15.6. The van der Waals surface area contributed by atoms with Crippen molar-refractivity contribution in [1.82, 2.24) is 15.2 Å². The second-order valence-corrected chi connectivity index (χ2v) is 4.90. The fourth-order valence-electron chi connectivity index (χ4n) is 3.01. The fourth-order valence-corrected chi connectivity index (χ4v) is 3.01. The number of amides is 2. The first-order valence-electron chi connectivity index (χ1n) is 6.01. The highest BCUT2D eigenvalue weighted by molar-refractivity contribution is 5.94. The normalized spacial score (nSPS) is 33.6. The Kier molecular flexibility index (Phi) is 2.41. The standard InChI is InChI=1S/C12H15N3O3/c1-6(16)13-11-9(17)5-8-10(11)14-12(18)7-3-2-4-15(7)8/h2-4,8-11,17H,5H2,1H3,(H,13,16)(H,14,18)/t8-,9-,10-,11-/m1/s1. The van der Waals surface area contributed by atoms with Gasteiger partial charge in [0.05, 0.1) is 24.2 Å². The van der Waals surface area contributed by atoms with Crippen LogP contribution in [0.1, 0.15) is 29.9 Å². The van der Waals surface area contributed by atoms with Gasteiger partial charge in [-0.15, -0.1) is 0 Å². The average Bonchev–Trinajstić information content (AvgIpc) is 2.87. The lowest BCUT2D eigenvalue weighted by atomic mass is 10.1. The van der Waals surface area contributed by atoms with Gasteiger partial charge in [0.25, 0.3) is 5.91 Å². The van der Waals surface area contributed by atoms with Crippen LogP contribution in [-0.2, 0) is 4.79 Å². The molecule has 0 bridgehead atoms. The number of fused-ring (bicyclic) bond motifs is 3. The highest BCUT2D eigenvalue weighted by Crippen LogP contribution is 2.35. The largest absolute Gasteiger partial charge is 0.391 e. The molecule has 18 heavy (non-hydrogen) atoms. The number of nitrogens with one attached hydrogen (secondary N) is 2. The van der Waals surface area contributed by atoms with E-state index in [9.17, 15) is 14.7 Å². The number of rotatable bonds is 1. The summed E-state index contributed by atoms with van der Waals surface area (Å²) in [5.74, 6) is -0.363. The van der Waals surface area contributed by atoms with Crippen molar-refractivity contribution in [2.24, 2.45) is 0 Å². The Hall–Kier alpha value is -1.82. The molecule has 1 saturated carbocycles. The molecule has 1 aliphatic carbocycles. The Bertz CT molecular complexity index is 510. The second kappa shape index (κ2) is 3.84. The predicted molar refractivity (Wildman–Crippen MR) is 63.0 cm³/mol. The van der Waals surface area contributed by atoms with E-state index in [0.29, 0.717) is 12.1 Å². The summed E-state index contributed by atoms with van der Waals surface area (Å²) in [7, 11) is 0. The molecule has 1 fully saturated rings. The molecule has 6 nitrogen and oxygen atoms in total. The summed E-state index contributed by atoms with van der Waals surface area (Å²) < 4.78 is 1.88. The molecular formula is C12H15N3O3. The van der Waals surface area contributed by atoms with E-state index in [2.05, 4.69) is 10.6 Å². The van der Waals surface area contributed by atoms with Gasteiger partial charge in [-0.3, -0.25) is 9.59 Å². The Morgan fingerprint density at radius 2 is 2.39 bits per heavy atom. The van der Waals surface area contributed by atoms with Crippen LogP contribution in [0.5, 0.6) is 0 Å². The molecule has 0 saturated heterocycles. The molecule has 0 radical (unpaired) electrons. The number of aromatic nitrogens is 1. The minimum absolute atomic E-state index is 0.000417. The third-order valence-electron chi connectivity index (χ3n) is 3.74. The van der Waals surface area contributed by atoms with E-state index in [4.69, 9.17) is 0 Å². The van der Waals surface area contributed by atoms with E-state index < -0.39 is 12.1 Å². The number of hydrogen-bond donors (Lipinski definition) is 3. The molecule has 3 N–H and O–H groups in total. The third kappa shape index (κ3) is 1.53. The lowest BCUT2D eigenvalue weighted by Crippen LogP contribution is -2.56. The van der Waals surface area contributed by atoms with Crippen molar-refractivity contribution < 1.29 is 14.7 Å². The van der Waals surface area contributed by atoms with Crippen LogP contribution in [-0.4, -0.2) is 39.7 Å². The molecule has 0 spiro atoms. The molecular weight excluding hydrogens is 234 g/mol.